The number of nitrogens with zero attached hydrogens (tertiary/aromatic N) is 2. The van der Waals surface area contributed by atoms with Crippen molar-refractivity contribution in [1.82, 2.24) is 4.90 Å². The highest BCUT2D eigenvalue weighted by Gasteiger charge is 2.30. The van der Waals surface area contributed by atoms with Gasteiger partial charge in [-0.25, -0.2) is 0 Å². The number of hydrogen-bond donors (Lipinski definition) is 1. The number of carbonyl (C=O) groups excluding carboxylic acids is 1. The molecule has 0 radical (unpaired) electrons. The maximum atomic E-state index is 10.9. The molecule has 0 fully saturated rings. The Morgan fingerprint density at radius 3 is 2.67 bits per heavy atom. The summed E-state index contributed by atoms with van der Waals surface area (Å²) in [6, 6.07) is 1.88. The molecule has 0 bridgehead atoms. The van der Waals surface area contributed by atoms with Crippen molar-refractivity contribution in [3.05, 3.63) is 11.1 Å². The number of amides is 1. The van der Waals surface area contributed by atoms with E-state index in [0.29, 0.717) is 12.1 Å². The summed E-state index contributed by atoms with van der Waals surface area (Å²) < 4.78 is 0. The van der Waals surface area contributed by atoms with Gasteiger partial charge in [-0.05, 0) is 12.5 Å². The average Bonchev–Trinajstić information content (AvgIpc) is 2.27. The van der Waals surface area contributed by atoms with Crippen molar-refractivity contribution in [2.75, 3.05) is 6.54 Å². The Labute approximate surface area is 70.7 Å². The smallest absolute Gasteiger partial charge is 0.222 e. The van der Waals surface area contributed by atoms with E-state index in [0.717, 1.165) is 5.57 Å². The lowest BCUT2D eigenvalue weighted by atomic mass is 10.2. The highest BCUT2D eigenvalue weighted by molar-refractivity contribution is 5.75. The van der Waals surface area contributed by atoms with E-state index in [-0.39, 0.29) is 5.91 Å². The van der Waals surface area contributed by atoms with Gasteiger partial charge in [0.1, 0.15) is 0 Å². The summed E-state index contributed by atoms with van der Waals surface area (Å²) in [6.45, 7) is 3.47. The predicted molar refractivity (Wildman–Crippen MR) is 41.7 cm³/mol. The Hall–Kier alpha value is -1.34. The largest absolute Gasteiger partial charge is 0.368 e. The third-order valence-electron chi connectivity index (χ3n) is 1.95. The maximum Gasteiger partial charge on any atom is 0.222 e. The lowest BCUT2D eigenvalue weighted by Crippen LogP contribution is -2.35. The Morgan fingerprint density at radius 1 is 1.83 bits per heavy atom. The molecule has 1 unspecified atom stereocenters. The minimum absolute atomic E-state index is 0.216. The van der Waals surface area contributed by atoms with Gasteiger partial charge in [0, 0.05) is 13.5 Å². The van der Waals surface area contributed by atoms with Crippen LogP contribution in [0.2, 0.25) is 0 Å². The molecule has 0 aromatic rings. The monoisotopic (exact) mass is 166 g/mol. The standard InChI is InChI=1S/C8H10N2O2/c1-5-4-10(6(2)11)8(12)7(5)3-9/h8,12H,4H2,1-2H3. The first-order valence-electron chi connectivity index (χ1n) is 3.63. The molecule has 1 heterocycles. The van der Waals surface area contributed by atoms with Crippen LogP contribution in [0.25, 0.3) is 0 Å². The van der Waals surface area contributed by atoms with Crippen molar-refractivity contribution in [3.8, 4) is 6.07 Å². The van der Waals surface area contributed by atoms with Gasteiger partial charge in [0.2, 0.25) is 5.91 Å². The summed E-state index contributed by atoms with van der Waals surface area (Å²) in [5, 5.41) is 18.0. The third kappa shape index (κ3) is 1.19. The van der Waals surface area contributed by atoms with Crippen molar-refractivity contribution in [3.63, 3.8) is 0 Å². The fourth-order valence-corrected chi connectivity index (χ4v) is 1.24. The van der Waals surface area contributed by atoms with Crippen molar-refractivity contribution < 1.29 is 9.90 Å². The summed E-state index contributed by atoms with van der Waals surface area (Å²) in [6.07, 6.45) is -1.03. The second-order valence-electron chi connectivity index (χ2n) is 2.83. The van der Waals surface area contributed by atoms with Crippen LogP contribution < -0.4 is 0 Å². The van der Waals surface area contributed by atoms with E-state index in [1.807, 2.05) is 6.07 Å². The van der Waals surface area contributed by atoms with Gasteiger partial charge in [-0.1, -0.05) is 0 Å². The molecule has 0 saturated carbocycles. The van der Waals surface area contributed by atoms with Gasteiger partial charge in [-0.2, -0.15) is 5.26 Å². The lowest BCUT2D eigenvalue weighted by molar-refractivity contribution is -0.134. The zero-order valence-corrected chi connectivity index (χ0v) is 7.03. The van der Waals surface area contributed by atoms with Crippen LogP contribution in [0.5, 0.6) is 0 Å². The molecule has 0 aromatic carbocycles. The molecule has 64 valence electrons. The zero-order valence-electron chi connectivity index (χ0n) is 7.03. The van der Waals surface area contributed by atoms with Gasteiger partial charge < -0.3 is 10.0 Å². The maximum absolute atomic E-state index is 10.9. The molecule has 12 heavy (non-hydrogen) atoms. The molecule has 0 aromatic heterocycles. The van der Waals surface area contributed by atoms with Gasteiger partial charge in [0.15, 0.2) is 6.23 Å². The minimum Gasteiger partial charge on any atom is -0.368 e. The average molecular weight is 166 g/mol. The van der Waals surface area contributed by atoms with Gasteiger partial charge in [0.25, 0.3) is 0 Å². The first kappa shape index (κ1) is 8.75. The number of rotatable bonds is 0. The Balaban J connectivity index is 2.89. The predicted octanol–water partition coefficient (Wildman–Crippen LogP) is 0.00698. The van der Waals surface area contributed by atoms with Crippen LogP contribution in [-0.4, -0.2) is 28.7 Å². The second kappa shape index (κ2) is 2.95. The SMILES string of the molecule is CC(=O)N1CC(C)=C(C#N)C1O. The van der Waals surface area contributed by atoms with Gasteiger partial charge in [-0.3, -0.25) is 4.79 Å². The molecule has 0 saturated heterocycles. The first-order chi connectivity index (χ1) is 5.57. The summed E-state index contributed by atoms with van der Waals surface area (Å²) in [5.74, 6) is -0.216. The molecule has 4 nitrogen and oxygen atoms in total. The Morgan fingerprint density at radius 2 is 2.42 bits per heavy atom. The first-order valence-corrected chi connectivity index (χ1v) is 3.63. The van der Waals surface area contributed by atoms with E-state index >= 15 is 0 Å². The molecule has 4 heteroatoms. The highest BCUT2D eigenvalue weighted by Crippen LogP contribution is 2.21. The summed E-state index contributed by atoms with van der Waals surface area (Å²) in [5.41, 5.74) is 1.06. The molecule has 1 aliphatic rings. The molecular weight excluding hydrogens is 156 g/mol. The fourth-order valence-electron chi connectivity index (χ4n) is 1.24. The fraction of sp³-hybridized carbons (Fsp3) is 0.500. The summed E-state index contributed by atoms with van der Waals surface area (Å²) in [4.78, 5) is 12.2. The van der Waals surface area contributed by atoms with Crippen LogP contribution in [0.3, 0.4) is 0 Å². The van der Waals surface area contributed by atoms with Crippen LogP contribution in [0.1, 0.15) is 13.8 Å². The summed E-state index contributed by atoms with van der Waals surface area (Å²) in [7, 11) is 0. The van der Waals surface area contributed by atoms with Crippen molar-refractivity contribution in [2.45, 2.75) is 20.1 Å². The Kier molecular flexibility index (Phi) is 2.15. The number of nitriles is 1. The second-order valence-corrected chi connectivity index (χ2v) is 2.83. The molecule has 1 aliphatic heterocycles. The molecular formula is C8H10N2O2. The van der Waals surface area contributed by atoms with Crippen LogP contribution in [0.15, 0.2) is 11.1 Å². The van der Waals surface area contributed by atoms with E-state index in [2.05, 4.69) is 0 Å². The van der Waals surface area contributed by atoms with E-state index in [1.54, 1.807) is 6.92 Å². The molecule has 1 rings (SSSR count). The number of carbonyl (C=O) groups is 1. The van der Waals surface area contributed by atoms with Crippen molar-refractivity contribution in [2.24, 2.45) is 0 Å². The Bertz CT molecular complexity index is 288. The third-order valence-corrected chi connectivity index (χ3v) is 1.95. The minimum atomic E-state index is -1.03. The quantitative estimate of drug-likeness (QED) is 0.551. The number of hydrogen-bond acceptors (Lipinski definition) is 3. The molecule has 0 spiro atoms. The zero-order chi connectivity index (χ0) is 9.30. The van der Waals surface area contributed by atoms with E-state index < -0.39 is 6.23 Å². The molecule has 0 aliphatic carbocycles. The molecule has 1 N–H and O–H groups in total. The van der Waals surface area contributed by atoms with Crippen molar-refractivity contribution in [1.29, 1.82) is 5.26 Å². The number of aliphatic hydroxyl groups excluding tert-OH is 1. The van der Waals surface area contributed by atoms with Crippen molar-refractivity contribution >= 4 is 5.91 Å². The van der Waals surface area contributed by atoms with Crippen LogP contribution in [-0.2, 0) is 4.79 Å². The molecule has 1 amide bonds. The normalized spacial score (nSPS) is 22.8. The van der Waals surface area contributed by atoms with Gasteiger partial charge >= 0.3 is 0 Å². The van der Waals surface area contributed by atoms with Crippen LogP contribution in [0, 0.1) is 11.3 Å². The van der Waals surface area contributed by atoms with Crippen LogP contribution >= 0.6 is 0 Å². The van der Waals surface area contributed by atoms with E-state index in [4.69, 9.17) is 5.26 Å². The van der Waals surface area contributed by atoms with E-state index in [9.17, 15) is 9.90 Å². The van der Waals surface area contributed by atoms with Crippen LogP contribution in [0.4, 0.5) is 0 Å². The topological polar surface area (TPSA) is 64.3 Å². The highest BCUT2D eigenvalue weighted by atomic mass is 16.3. The van der Waals surface area contributed by atoms with Gasteiger partial charge in [0.05, 0.1) is 11.6 Å². The molecule has 1 atom stereocenters. The lowest BCUT2D eigenvalue weighted by Gasteiger charge is -2.18. The summed E-state index contributed by atoms with van der Waals surface area (Å²) >= 11 is 0. The van der Waals surface area contributed by atoms with Gasteiger partial charge in [-0.15, -0.1) is 0 Å². The van der Waals surface area contributed by atoms with E-state index in [1.165, 1.54) is 11.8 Å². The number of aliphatic hydroxyl groups is 1.